The van der Waals surface area contributed by atoms with E-state index in [9.17, 15) is 9.59 Å². The smallest absolute Gasteiger partial charge is 0.276 e. The molecule has 1 saturated carbocycles. The monoisotopic (exact) mass is 359 g/mol. The first-order valence-electron chi connectivity index (χ1n) is 9.66. The highest BCUT2D eigenvalue weighted by molar-refractivity contribution is 5.93. The molecule has 1 N–H and O–H groups in total. The third kappa shape index (κ3) is 2.40. The van der Waals surface area contributed by atoms with Crippen LogP contribution in [0.5, 0.6) is 0 Å². The van der Waals surface area contributed by atoms with Crippen molar-refractivity contribution in [3.8, 4) is 0 Å². The van der Waals surface area contributed by atoms with Crippen molar-refractivity contribution < 1.29 is 18.8 Å². The average Bonchev–Trinajstić information content (AvgIpc) is 3.37. The summed E-state index contributed by atoms with van der Waals surface area (Å²) < 4.78 is 10.7. The fourth-order valence-corrected chi connectivity index (χ4v) is 5.59. The molecule has 4 fully saturated rings. The summed E-state index contributed by atoms with van der Waals surface area (Å²) in [5.74, 6) is -0.000270. The third-order valence-electron chi connectivity index (χ3n) is 6.92. The second-order valence-electron chi connectivity index (χ2n) is 8.89. The van der Waals surface area contributed by atoms with Gasteiger partial charge in [-0.3, -0.25) is 9.59 Å². The minimum atomic E-state index is -0.610. The first-order chi connectivity index (χ1) is 12.5. The Morgan fingerprint density at radius 1 is 1.27 bits per heavy atom. The van der Waals surface area contributed by atoms with Gasteiger partial charge in [-0.05, 0) is 50.4 Å². The van der Waals surface area contributed by atoms with Crippen molar-refractivity contribution >= 4 is 11.8 Å². The molecule has 4 heterocycles. The van der Waals surface area contributed by atoms with E-state index in [1.54, 1.807) is 6.07 Å². The molecule has 5 rings (SSSR count). The van der Waals surface area contributed by atoms with Crippen molar-refractivity contribution in [1.29, 1.82) is 0 Å². The molecule has 140 valence electrons. The van der Waals surface area contributed by atoms with Gasteiger partial charge in [0.05, 0.1) is 6.61 Å². The third-order valence-corrected chi connectivity index (χ3v) is 6.92. The van der Waals surface area contributed by atoms with Gasteiger partial charge in [-0.25, -0.2) is 0 Å². The minimum absolute atomic E-state index is 0.0550. The van der Waals surface area contributed by atoms with Gasteiger partial charge in [-0.2, -0.15) is 0 Å². The number of hydrogen-bond acceptors (Lipinski definition) is 5. The van der Waals surface area contributed by atoms with E-state index in [1.807, 2.05) is 4.90 Å². The number of fused-ring (bicyclic) bond motifs is 4. The van der Waals surface area contributed by atoms with E-state index in [1.165, 1.54) is 6.26 Å². The number of rotatable bonds is 3. The van der Waals surface area contributed by atoms with Gasteiger partial charge in [-0.15, -0.1) is 0 Å². The van der Waals surface area contributed by atoms with Gasteiger partial charge in [0.15, 0.2) is 5.69 Å². The number of nitrogens with zero attached hydrogens (tertiary/aromatic N) is 2. The van der Waals surface area contributed by atoms with Crippen LogP contribution in [0.25, 0.3) is 0 Å². The van der Waals surface area contributed by atoms with E-state index >= 15 is 0 Å². The van der Waals surface area contributed by atoms with E-state index in [2.05, 4.69) is 17.4 Å². The van der Waals surface area contributed by atoms with Crippen molar-refractivity contribution in [3.63, 3.8) is 0 Å². The predicted octanol–water partition coefficient (Wildman–Crippen LogP) is 1.89. The fourth-order valence-electron chi connectivity index (χ4n) is 5.59. The van der Waals surface area contributed by atoms with Gasteiger partial charge in [0, 0.05) is 24.2 Å². The van der Waals surface area contributed by atoms with Crippen molar-refractivity contribution in [3.05, 3.63) is 18.0 Å². The molecule has 4 unspecified atom stereocenters. The number of aromatic nitrogens is 1. The zero-order chi connectivity index (χ0) is 17.9. The van der Waals surface area contributed by atoms with Gasteiger partial charge < -0.3 is 19.5 Å². The summed E-state index contributed by atoms with van der Waals surface area (Å²) in [5.41, 5.74) is -0.0709. The summed E-state index contributed by atoms with van der Waals surface area (Å²) >= 11 is 0. The maximum absolute atomic E-state index is 12.9. The topological polar surface area (TPSA) is 84.7 Å². The minimum Gasteiger partial charge on any atom is -0.365 e. The second-order valence-corrected chi connectivity index (χ2v) is 8.89. The summed E-state index contributed by atoms with van der Waals surface area (Å²) in [5, 5.41) is 7.04. The number of nitrogens with one attached hydrogen (secondary N) is 1. The molecule has 0 radical (unpaired) electrons. The van der Waals surface area contributed by atoms with Crippen LogP contribution in [-0.2, 0) is 9.53 Å². The molecule has 4 bridgehead atoms. The molecule has 26 heavy (non-hydrogen) atoms. The molecule has 1 aliphatic carbocycles. The number of piperidine rings is 1. The molecular weight excluding hydrogens is 334 g/mol. The number of amides is 2. The van der Waals surface area contributed by atoms with E-state index in [0.29, 0.717) is 12.3 Å². The largest absolute Gasteiger partial charge is 0.365 e. The van der Waals surface area contributed by atoms with Crippen molar-refractivity contribution in [2.24, 2.45) is 5.41 Å². The second kappa shape index (κ2) is 5.55. The maximum Gasteiger partial charge on any atom is 0.276 e. The van der Waals surface area contributed by atoms with Crippen LogP contribution in [0, 0.1) is 5.41 Å². The lowest BCUT2D eigenvalue weighted by Gasteiger charge is -2.39. The summed E-state index contributed by atoms with van der Waals surface area (Å²) in [7, 11) is 0. The van der Waals surface area contributed by atoms with E-state index < -0.39 is 5.60 Å². The van der Waals surface area contributed by atoms with Crippen LogP contribution in [0.3, 0.4) is 0 Å². The lowest BCUT2D eigenvalue weighted by molar-refractivity contribution is -0.144. The average molecular weight is 359 g/mol. The molecule has 3 aliphatic heterocycles. The van der Waals surface area contributed by atoms with Gasteiger partial charge in [0.2, 0.25) is 0 Å². The Bertz CT molecular complexity index is 709. The quantitative estimate of drug-likeness (QED) is 0.891. The van der Waals surface area contributed by atoms with E-state index in [-0.39, 0.29) is 35.4 Å². The number of carbonyl (C=O) groups excluding carboxylic acids is 2. The molecule has 1 aromatic heterocycles. The van der Waals surface area contributed by atoms with Crippen LogP contribution >= 0.6 is 0 Å². The number of ether oxygens (including phenoxy) is 1. The van der Waals surface area contributed by atoms with Crippen LogP contribution in [-0.4, -0.2) is 52.2 Å². The van der Waals surface area contributed by atoms with Crippen LogP contribution in [0.4, 0.5) is 0 Å². The van der Waals surface area contributed by atoms with Crippen molar-refractivity contribution in [2.45, 2.75) is 75.6 Å². The van der Waals surface area contributed by atoms with E-state index in [0.717, 1.165) is 44.9 Å². The predicted molar refractivity (Wildman–Crippen MR) is 91.3 cm³/mol. The molecule has 2 amide bonds. The molecule has 0 aromatic carbocycles. The molecule has 4 aliphatic rings. The first-order valence-corrected chi connectivity index (χ1v) is 9.66. The summed E-state index contributed by atoms with van der Waals surface area (Å²) in [6.07, 6.45) is 7.74. The Balaban J connectivity index is 1.25. The molecule has 7 nitrogen and oxygen atoms in total. The zero-order valence-corrected chi connectivity index (χ0v) is 15.1. The Hall–Kier alpha value is -1.89. The Morgan fingerprint density at radius 2 is 2.04 bits per heavy atom. The van der Waals surface area contributed by atoms with Crippen LogP contribution in [0.2, 0.25) is 0 Å². The van der Waals surface area contributed by atoms with Crippen molar-refractivity contribution in [1.82, 2.24) is 15.4 Å². The first kappa shape index (κ1) is 16.3. The number of hydrogen-bond donors (Lipinski definition) is 1. The van der Waals surface area contributed by atoms with Crippen LogP contribution < -0.4 is 5.32 Å². The fraction of sp³-hybridized carbons (Fsp3) is 0.737. The molecule has 1 aromatic rings. The summed E-state index contributed by atoms with van der Waals surface area (Å²) in [6, 6.07) is 2.06. The molecular formula is C19H25N3O4. The molecule has 4 atom stereocenters. The highest BCUT2D eigenvalue weighted by Crippen LogP contribution is 2.52. The van der Waals surface area contributed by atoms with Crippen LogP contribution in [0.1, 0.15) is 62.4 Å². The molecule has 0 spiro atoms. The highest BCUT2D eigenvalue weighted by atomic mass is 16.5. The SMILES string of the molecule is CC12CCC(C(=O)NC3CC4CCC(C3)N4C(=O)c3ccon3)(C1)OC2. The lowest BCUT2D eigenvalue weighted by atomic mass is 9.90. The normalized spacial score (nSPS) is 40.8. The summed E-state index contributed by atoms with van der Waals surface area (Å²) in [6.45, 7) is 2.90. The van der Waals surface area contributed by atoms with Gasteiger partial charge in [-0.1, -0.05) is 12.1 Å². The Labute approximate surface area is 152 Å². The standard InChI is InChI=1S/C19H25N3O4/c1-18-5-6-19(10-18,25-11-18)17(24)20-12-8-13-2-3-14(9-12)22(13)16(23)15-4-7-26-21-15/h4,7,12-14H,2-3,5-6,8-11H2,1H3,(H,20,24). The molecule has 3 saturated heterocycles. The van der Waals surface area contributed by atoms with Crippen molar-refractivity contribution in [2.75, 3.05) is 6.61 Å². The number of carbonyl (C=O) groups is 2. The van der Waals surface area contributed by atoms with Gasteiger partial charge >= 0.3 is 0 Å². The van der Waals surface area contributed by atoms with E-state index in [4.69, 9.17) is 9.26 Å². The van der Waals surface area contributed by atoms with Gasteiger partial charge in [0.1, 0.15) is 11.9 Å². The molecule has 7 heteroatoms. The highest BCUT2D eigenvalue weighted by Gasteiger charge is 2.58. The zero-order valence-electron chi connectivity index (χ0n) is 15.1. The Morgan fingerprint density at radius 3 is 2.58 bits per heavy atom. The maximum atomic E-state index is 12.9. The summed E-state index contributed by atoms with van der Waals surface area (Å²) in [4.78, 5) is 27.6. The lowest BCUT2D eigenvalue weighted by Crippen LogP contribution is -2.56. The van der Waals surface area contributed by atoms with Crippen LogP contribution in [0.15, 0.2) is 16.9 Å². The Kier molecular flexibility index (Phi) is 3.48. The van der Waals surface area contributed by atoms with Gasteiger partial charge in [0.25, 0.3) is 11.8 Å².